The predicted molar refractivity (Wildman–Crippen MR) is 65.3 cm³/mol. The van der Waals surface area contributed by atoms with Gasteiger partial charge in [0, 0.05) is 12.3 Å². The first-order valence-corrected chi connectivity index (χ1v) is 5.93. The van der Waals surface area contributed by atoms with E-state index in [0.29, 0.717) is 17.2 Å². The molecule has 0 saturated heterocycles. The van der Waals surface area contributed by atoms with E-state index in [1.54, 1.807) is 12.4 Å². The van der Waals surface area contributed by atoms with E-state index in [1.807, 2.05) is 6.07 Å². The largest absolute Gasteiger partial charge is 0.488 e. The lowest BCUT2D eigenvalue weighted by Gasteiger charge is -2.34. The van der Waals surface area contributed by atoms with Gasteiger partial charge in [-0.3, -0.25) is 4.98 Å². The molecule has 3 nitrogen and oxygen atoms in total. The lowest BCUT2D eigenvalue weighted by Crippen LogP contribution is -2.28. The Labute approximate surface area is 97.0 Å². The Morgan fingerprint density at radius 1 is 1.38 bits per heavy atom. The van der Waals surface area contributed by atoms with E-state index >= 15 is 0 Å². The number of nitrogen functional groups attached to an aromatic ring is 1. The molecule has 0 bridgehead atoms. The summed E-state index contributed by atoms with van der Waals surface area (Å²) in [4.78, 5) is 3.96. The Bertz CT molecular complexity index is 353. The smallest absolute Gasteiger partial charge is 0.145 e. The average Bonchev–Trinajstić information content (AvgIpc) is 2.24. The van der Waals surface area contributed by atoms with Crippen LogP contribution in [-0.4, -0.2) is 11.1 Å². The highest BCUT2D eigenvalue weighted by molar-refractivity contribution is 5.49. The molecule has 0 atom stereocenters. The van der Waals surface area contributed by atoms with E-state index in [0.717, 1.165) is 18.6 Å². The Morgan fingerprint density at radius 3 is 2.69 bits per heavy atom. The van der Waals surface area contributed by atoms with Crippen molar-refractivity contribution < 1.29 is 4.74 Å². The van der Waals surface area contributed by atoms with Gasteiger partial charge in [0.25, 0.3) is 0 Å². The van der Waals surface area contributed by atoms with Crippen LogP contribution >= 0.6 is 0 Å². The van der Waals surface area contributed by atoms with Crippen LogP contribution in [0.25, 0.3) is 0 Å². The van der Waals surface area contributed by atoms with E-state index in [9.17, 15) is 0 Å². The van der Waals surface area contributed by atoms with Gasteiger partial charge in [-0.25, -0.2) is 0 Å². The van der Waals surface area contributed by atoms with Gasteiger partial charge in [0.15, 0.2) is 0 Å². The summed E-state index contributed by atoms with van der Waals surface area (Å²) in [6, 6.07) is 1.84. The molecule has 0 spiro atoms. The molecule has 1 fully saturated rings. The van der Waals surface area contributed by atoms with Crippen molar-refractivity contribution in [1.29, 1.82) is 0 Å². The van der Waals surface area contributed by atoms with E-state index in [2.05, 4.69) is 18.8 Å². The van der Waals surface area contributed by atoms with Crippen molar-refractivity contribution in [2.75, 3.05) is 5.73 Å². The van der Waals surface area contributed by atoms with Crippen molar-refractivity contribution in [1.82, 2.24) is 4.98 Å². The van der Waals surface area contributed by atoms with E-state index in [4.69, 9.17) is 10.5 Å². The summed E-state index contributed by atoms with van der Waals surface area (Å²) in [5, 5.41) is 0. The number of pyridine rings is 1. The highest BCUT2D eigenvalue weighted by Gasteiger charge is 2.27. The third kappa shape index (κ3) is 2.65. The van der Waals surface area contributed by atoms with Gasteiger partial charge in [-0.2, -0.15) is 0 Å². The fourth-order valence-electron chi connectivity index (χ4n) is 2.17. The summed E-state index contributed by atoms with van der Waals surface area (Å²) in [5.41, 5.74) is 6.91. The van der Waals surface area contributed by atoms with Gasteiger partial charge in [-0.15, -0.1) is 0 Å². The van der Waals surface area contributed by atoms with Crippen LogP contribution in [0.5, 0.6) is 5.75 Å². The van der Waals surface area contributed by atoms with Gasteiger partial charge in [0.05, 0.1) is 18.0 Å². The summed E-state index contributed by atoms with van der Waals surface area (Å²) in [6.07, 6.45) is 8.37. The highest BCUT2D eigenvalue weighted by atomic mass is 16.5. The van der Waals surface area contributed by atoms with Crippen molar-refractivity contribution >= 4 is 5.69 Å². The van der Waals surface area contributed by atoms with Gasteiger partial charge in [0.2, 0.25) is 0 Å². The zero-order valence-electron chi connectivity index (χ0n) is 10.1. The van der Waals surface area contributed by atoms with Crippen molar-refractivity contribution in [3.8, 4) is 5.75 Å². The molecule has 1 aromatic heterocycles. The van der Waals surface area contributed by atoms with Gasteiger partial charge in [-0.1, -0.05) is 13.8 Å². The number of ether oxygens (including phenoxy) is 1. The number of anilines is 1. The second kappa shape index (κ2) is 4.32. The average molecular weight is 220 g/mol. The fourth-order valence-corrected chi connectivity index (χ4v) is 2.17. The molecule has 1 heterocycles. The predicted octanol–water partition coefficient (Wildman–Crippen LogP) is 3.01. The molecule has 0 aromatic carbocycles. The van der Waals surface area contributed by atoms with Crippen LogP contribution in [-0.2, 0) is 0 Å². The van der Waals surface area contributed by atoms with E-state index in [-0.39, 0.29) is 0 Å². The third-order valence-electron chi connectivity index (χ3n) is 3.39. The zero-order valence-corrected chi connectivity index (χ0v) is 10.1. The van der Waals surface area contributed by atoms with Crippen LogP contribution in [0.3, 0.4) is 0 Å². The van der Waals surface area contributed by atoms with Crippen molar-refractivity contribution in [2.45, 2.75) is 45.6 Å². The first-order valence-electron chi connectivity index (χ1n) is 5.93. The molecule has 0 aliphatic heterocycles. The molecule has 0 unspecified atom stereocenters. The number of hydrogen-bond donors (Lipinski definition) is 1. The Kier molecular flexibility index (Phi) is 3.03. The maximum atomic E-state index is 5.91. The van der Waals surface area contributed by atoms with Crippen LogP contribution in [0.4, 0.5) is 5.69 Å². The Balaban J connectivity index is 1.95. The van der Waals surface area contributed by atoms with Gasteiger partial charge in [0.1, 0.15) is 5.75 Å². The molecule has 1 aliphatic rings. The summed E-state index contributed by atoms with van der Waals surface area (Å²) in [7, 11) is 0. The molecule has 1 saturated carbocycles. The van der Waals surface area contributed by atoms with Gasteiger partial charge < -0.3 is 10.5 Å². The molecule has 0 amide bonds. The number of aromatic nitrogens is 1. The SMILES string of the molecule is CC1(C)CCC(Oc2ccncc2N)CC1. The number of hydrogen-bond acceptors (Lipinski definition) is 3. The summed E-state index contributed by atoms with van der Waals surface area (Å²) in [5.74, 6) is 0.778. The lowest BCUT2D eigenvalue weighted by molar-refractivity contribution is 0.0993. The van der Waals surface area contributed by atoms with Crippen molar-refractivity contribution in [2.24, 2.45) is 5.41 Å². The summed E-state index contributed by atoms with van der Waals surface area (Å²) in [6.45, 7) is 4.65. The van der Waals surface area contributed by atoms with Crippen LogP contribution in [0.2, 0.25) is 0 Å². The molecular weight excluding hydrogens is 200 g/mol. The molecule has 1 aliphatic carbocycles. The molecule has 16 heavy (non-hydrogen) atoms. The van der Waals surface area contributed by atoms with Crippen molar-refractivity contribution in [3.05, 3.63) is 18.5 Å². The molecule has 2 rings (SSSR count). The minimum Gasteiger partial charge on any atom is -0.488 e. The minimum atomic E-state index is 0.317. The van der Waals surface area contributed by atoms with Crippen molar-refractivity contribution in [3.63, 3.8) is 0 Å². The van der Waals surface area contributed by atoms with E-state index < -0.39 is 0 Å². The second-order valence-corrected chi connectivity index (χ2v) is 5.39. The molecule has 2 N–H and O–H groups in total. The van der Waals surface area contributed by atoms with Gasteiger partial charge in [-0.05, 0) is 31.1 Å². The molecule has 88 valence electrons. The molecule has 0 radical (unpaired) electrons. The van der Waals surface area contributed by atoms with Gasteiger partial charge >= 0.3 is 0 Å². The third-order valence-corrected chi connectivity index (χ3v) is 3.39. The summed E-state index contributed by atoms with van der Waals surface area (Å²) < 4.78 is 5.91. The molecule has 1 aromatic rings. The normalized spacial score (nSPS) is 20.6. The molecular formula is C13H20N2O. The first-order chi connectivity index (χ1) is 7.57. The van der Waals surface area contributed by atoms with Crippen LogP contribution in [0, 0.1) is 5.41 Å². The van der Waals surface area contributed by atoms with Crippen LogP contribution in [0.1, 0.15) is 39.5 Å². The van der Waals surface area contributed by atoms with Crippen LogP contribution < -0.4 is 10.5 Å². The van der Waals surface area contributed by atoms with E-state index in [1.165, 1.54) is 12.8 Å². The highest BCUT2D eigenvalue weighted by Crippen LogP contribution is 2.37. The fraction of sp³-hybridized carbons (Fsp3) is 0.615. The molecule has 3 heteroatoms. The quantitative estimate of drug-likeness (QED) is 0.833. The zero-order chi connectivity index (χ0) is 11.6. The lowest BCUT2D eigenvalue weighted by atomic mass is 9.76. The first kappa shape index (κ1) is 11.2. The Morgan fingerprint density at radius 2 is 2.06 bits per heavy atom. The Hall–Kier alpha value is -1.25. The second-order valence-electron chi connectivity index (χ2n) is 5.39. The summed E-state index contributed by atoms with van der Waals surface area (Å²) >= 11 is 0. The number of rotatable bonds is 2. The minimum absolute atomic E-state index is 0.317. The monoisotopic (exact) mass is 220 g/mol. The topological polar surface area (TPSA) is 48.1 Å². The number of nitrogens with two attached hydrogens (primary N) is 1. The van der Waals surface area contributed by atoms with Crippen LogP contribution in [0.15, 0.2) is 18.5 Å². The maximum Gasteiger partial charge on any atom is 0.145 e. The number of nitrogens with zero attached hydrogens (tertiary/aromatic N) is 1. The standard InChI is InChI=1S/C13H20N2O/c1-13(2)6-3-10(4-7-13)16-12-5-8-15-9-11(12)14/h5,8-10H,3-4,6-7,14H2,1-2H3. The maximum absolute atomic E-state index is 5.91.